The molecule has 0 radical (unpaired) electrons. The first-order valence-electron chi connectivity index (χ1n) is 4.02. The Balaban J connectivity index is 2.33. The number of aromatic nitrogens is 1. The van der Waals surface area contributed by atoms with E-state index in [1.54, 1.807) is 23.8 Å². The van der Waals surface area contributed by atoms with Crippen molar-refractivity contribution in [3.05, 3.63) is 29.5 Å². The molecule has 2 heterocycles. The molecule has 0 aliphatic rings. The Hall–Kier alpha value is -1.13. The fraction of sp³-hybridized carbons (Fsp3) is 0.222. The third-order valence-electron chi connectivity index (χ3n) is 1.70. The van der Waals surface area contributed by atoms with E-state index >= 15 is 0 Å². The monoisotopic (exact) mass is 194 g/mol. The lowest BCUT2D eigenvalue weighted by Gasteiger charge is -1.96. The van der Waals surface area contributed by atoms with Crippen molar-refractivity contribution < 1.29 is 4.42 Å². The molecule has 2 aromatic heterocycles. The zero-order valence-electron chi connectivity index (χ0n) is 7.23. The second-order valence-electron chi connectivity index (χ2n) is 2.83. The SMILES string of the molecule is CC(N)c1cnc(-c2ccco2)s1. The lowest BCUT2D eigenvalue weighted by Crippen LogP contribution is -2.01. The molecule has 0 spiro atoms. The van der Waals surface area contributed by atoms with Crippen LogP contribution in [0, 0.1) is 0 Å². The first kappa shape index (κ1) is 8.47. The van der Waals surface area contributed by atoms with E-state index in [4.69, 9.17) is 10.2 Å². The highest BCUT2D eigenvalue weighted by Gasteiger charge is 2.08. The van der Waals surface area contributed by atoms with E-state index in [9.17, 15) is 0 Å². The third kappa shape index (κ3) is 1.64. The predicted molar refractivity (Wildman–Crippen MR) is 52.4 cm³/mol. The summed E-state index contributed by atoms with van der Waals surface area (Å²) < 4.78 is 5.22. The Labute approximate surface area is 80.2 Å². The molecule has 0 bridgehead atoms. The summed E-state index contributed by atoms with van der Waals surface area (Å²) in [5.74, 6) is 0.803. The minimum absolute atomic E-state index is 0.0428. The molecule has 0 amide bonds. The van der Waals surface area contributed by atoms with Crippen molar-refractivity contribution in [1.82, 2.24) is 4.98 Å². The zero-order valence-corrected chi connectivity index (χ0v) is 8.04. The van der Waals surface area contributed by atoms with E-state index in [-0.39, 0.29) is 6.04 Å². The van der Waals surface area contributed by atoms with Crippen LogP contribution in [0.5, 0.6) is 0 Å². The highest BCUT2D eigenvalue weighted by molar-refractivity contribution is 7.15. The second kappa shape index (κ2) is 3.32. The van der Waals surface area contributed by atoms with E-state index in [1.807, 2.05) is 19.1 Å². The minimum atomic E-state index is 0.0428. The molecule has 68 valence electrons. The maximum atomic E-state index is 5.72. The molecule has 0 saturated carbocycles. The Morgan fingerprint density at radius 1 is 1.62 bits per heavy atom. The number of nitrogens with two attached hydrogens (primary N) is 1. The average molecular weight is 194 g/mol. The minimum Gasteiger partial charge on any atom is -0.462 e. The van der Waals surface area contributed by atoms with Crippen molar-refractivity contribution in [3.8, 4) is 10.8 Å². The number of hydrogen-bond donors (Lipinski definition) is 1. The summed E-state index contributed by atoms with van der Waals surface area (Å²) in [5.41, 5.74) is 5.72. The van der Waals surface area contributed by atoms with Crippen molar-refractivity contribution in [2.45, 2.75) is 13.0 Å². The molecule has 1 atom stereocenters. The molecule has 0 fully saturated rings. The molecule has 13 heavy (non-hydrogen) atoms. The van der Waals surface area contributed by atoms with Crippen LogP contribution in [0.4, 0.5) is 0 Å². The lowest BCUT2D eigenvalue weighted by molar-refractivity contribution is 0.582. The largest absolute Gasteiger partial charge is 0.462 e. The Kier molecular flexibility index (Phi) is 2.16. The number of furan rings is 1. The van der Waals surface area contributed by atoms with Crippen LogP contribution in [0.3, 0.4) is 0 Å². The van der Waals surface area contributed by atoms with Gasteiger partial charge in [-0.05, 0) is 19.1 Å². The first-order valence-corrected chi connectivity index (χ1v) is 4.84. The summed E-state index contributed by atoms with van der Waals surface area (Å²) in [6, 6.07) is 3.78. The molecule has 2 rings (SSSR count). The highest BCUT2D eigenvalue weighted by atomic mass is 32.1. The van der Waals surface area contributed by atoms with Crippen LogP contribution >= 0.6 is 11.3 Å². The van der Waals surface area contributed by atoms with Crippen molar-refractivity contribution >= 4 is 11.3 Å². The van der Waals surface area contributed by atoms with Gasteiger partial charge in [-0.2, -0.15) is 0 Å². The van der Waals surface area contributed by atoms with Gasteiger partial charge in [-0.15, -0.1) is 11.3 Å². The van der Waals surface area contributed by atoms with Crippen LogP contribution in [-0.2, 0) is 0 Å². The Morgan fingerprint density at radius 2 is 2.46 bits per heavy atom. The molecular weight excluding hydrogens is 184 g/mol. The van der Waals surface area contributed by atoms with Gasteiger partial charge in [-0.3, -0.25) is 0 Å². The maximum Gasteiger partial charge on any atom is 0.162 e. The fourth-order valence-electron chi connectivity index (χ4n) is 1.01. The van der Waals surface area contributed by atoms with Gasteiger partial charge >= 0.3 is 0 Å². The van der Waals surface area contributed by atoms with Gasteiger partial charge in [0.25, 0.3) is 0 Å². The Bertz CT molecular complexity index is 378. The van der Waals surface area contributed by atoms with Gasteiger partial charge in [0.15, 0.2) is 10.8 Å². The summed E-state index contributed by atoms with van der Waals surface area (Å²) in [6.45, 7) is 1.94. The topological polar surface area (TPSA) is 52.0 Å². The summed E-state index contributed by atoms with van der Waals surface area (Å²) in [6.07, 6.45) is 3.44. The van der Waals surface area contributed by atoms with Gasteiger partial charge in [-0.1, -0.05) is 0 Å². The number of thiazole rings is 1. The summed E-state index contributed by atoms with van der Waals surface area (Å²) in [4.78, 5) is 5.30. The van der Waals surface area contributed by atoms with Crippen LogP contribution in [0.25, 0.3) is 10.8 Å². The number of nitrogens with zero attached hydrogens (tertiary/aromatic N) is 1. The zero-order chi connectivity index (χ0) is 9.26. The van der Waals surface area contributed by atoms with Crippen molar-refractivity contribution in [2.24, 2.45) is 5.73 Å². The molecular formula is C9H10N2OS. The van der Waals surface area contributed by atoms with Crippen LogP contribution in [-0.4, -0.2) is 4.98 Å². The molecule has 3 nitrogen and oxygen atoms in total. The van der Waals surface area contributed by atoms with Crippen LogP contribution in [0.1, 0.15) is 17.8 Å². The standard InChI is InChI=1S/C9H10N2OS/c1-6(10)8-5-11-9(13-8)7-3-2-4-12-7/h2-6H,10H2,1H3. The van der Waals surface area contributed by atoms with Crippen molar-refractivity contribution in [2.75, 3.05) is 0 Å². The molecule has 0 aromatic carbocycles. The highest BCUT2D eigenvalue weighted by Crippen LogP contribution is 2.27. The molecule has 0 aliphatic heterocycles. The van der Waals surface area contributed by atoms with Crippen molar-refractivity contribution in [1.29, 1.82) is 0 Å². The number of rotatable bonds is 2. The summed E-state index contributed by atoms with van der Waals surface area (Å²) in [7, 11) is 0. The second-order valence-corrected chi connectivity index (χ2v) is 3.90. The quantitative estimate of drug-likeness (QED) is 0.798. The van der Waals surface area contributed by atoms with E-state index in [0.29, 0.717) is 0 Å². The number of hydrogen-bond acceptors (Lipinski definition) is 4. The van der Waals surface area contributed by atoms with E-state index in [0.717, 1.165) is 15.6 Å². The van der Waals surface area contributed by atoms with Crippen LogP contribution in [0.2, 0.25) is 0 Å². The third-order valence-corrected chi connectivity index (χ3v) is 2.92. The maximum absolute atomic E-state index is 5.72. The van der Waals surface area contributed by atoms with Gasteiger partial charge in [0.1, 0.15) is 0 Å². The van der Waals surface area contributed by atoms with E-state index < -0.39 is 0 Å². The van der Waals surface area contributed by atoms with Crippen molar-refractivity contribution in [3.63, 3.8) is 0 Å². The molecule has 1 unspecified atom stereocenters. The molecule has 0 aliphatic carbocycles. The van der Waals surface area contributed by atoms with Gasteiger partial charge in [0.05, 0.1) is 6.26 Å². The van der Waals surface area contributed by atoms with Crippen LogP contribution < -0.4 is 5.73 Å². The van der Waals surface area contributed by atoms with E-state index in [1.165, 1.54) is 0 Å². The molecule has 4 heteroatoms. The predicted octanol–water partition coefficient (Wildman–Crippen LogP) is 2.42. The average Bonchev–Trinajstić information content (AvgIpc) is 2.75. The fourth-order valence-corrected chi connectivity index (χ4v) is 1.85. The molecule has 2 aromatic rings. The van der Waals surface area contributed by atoms with Gasteiger partial charge in [-0.25, -0.2) is 4.98 Å². The lowest BCUT2D eigenvalue weighted by atomic mass is 10.3. The van der Waals surface area contributed by atoms with Crippen LogP contribution in [0.15, 0.2) is 29.0 Å². The normalized spacial score (nSPS) is 13.1. The summed E-state index contributed by atoms with van der Waals surface area (Å²) >= 11 is 1.57. The molecule has 0 saturated heterocycles. The van der Waals surface area contributed by atoms with Gasteiger partial charge < -0.3 is 10.2 Å². The van der Waals surface area contributed by atoms with Gasteiger partial charge in [0, 0.05) is 17.1 Å². The molecule has 2 N–H and O–H groups in total. The first-order chi connectivity index (χ1) is 6.27. The van der Waals surface area contributed by atoms with Gasteiger partial charge in [0.2, 0.25) is 0 Å². The smallest absolute Gasteiger partial charge is 0.162 e. The Morgan fingerprint density at radius 3 is 3.00 bits per heavy atom. The summed E-state index contributed by atoms with van der Waals surface area (Å²) in [5, 5.41) is 0.886. The van der Waals surface area contributed by atoms with E-state index in [2.05, 4.69) is 4.98 Å².